The molecule has 0 N–H and O–H groups in total. The molecule has 0 fully saturated rings. The second-order valence-electron chi connectivity index (χ2n) is 21.3. The SMILES string of the molecule is CC/C=C\C/C=C\C/C=C\C/C=C\C/C=C\C/C=C\C/C=C\CCCCCCCCCC(=O)OCC(COC(=O)CCCCCCC/C=C\CCCC)OC(=O)CCCCC/C=C\C/C=C\C/C=C\C/C=C\C/C=C\C/C=C\C/C=C\CC. The Labute approximate surface area is 510 Å². The third-order valence-corrected chi connectivity index (χ3v) is 13.4. The first-order valence-electron chi connectivity index (χ1n) is 33.3. The zero-order chi connectivity index (χ0) is 59.9. The van der Waals surface area contributed by atoms with Crippen molar-refractivity contribution in [2.75, 3.05) is 13.2 Å². The van der Waals surface area contributed by atoms with Gasteiger partial charge in [0.05, 0.1) is 0 Å². The first-order valence-corrected chi connectivity index (χ1v) is 33.3. The highest BCUT2D eigenvalue weighted by Crippen LogP contribution is 2.14. The summed E-state index contributed by atoms with van der Waals surface area (Å²) in [5, 5.41) is 0. The van der Waals surface area contributed by atoms with Crippen LogP contribution in [-0.4, -0.2) is 37.2 Å². The molecule has 0 rings (SSSR count). The molecule has 0 saturated carbocycles. The summed E-state index contributed by atoms with van der Waals surface area (Å²) in [5.41, 5.74) is 0. The molecule has 0 aliphatic carbocycles. The van der Waals surface area contributed by atoms with Gasteiger partial charge in [-0.1, -0.05) is 274 Å². The Morgan fingerprint density at radius 3 is 0.759 bits per heavy atom. The summed E-state index contributed by atoms with van der Waals surface area (Å²) in [4.78, 5) is 38.3. The third-order valence-electron chi connectivity index (χ3n) is 13.4. The van der Waals surface area contributed by atoms with Crippen LogP contribution >= 0.6 is 0 Å². The highest BCUT2D eigenvalue weighted by Gasteiger charge is 2.19. The van der Waals surface area contributed by atoms with Crippen LogP contribution in [0.25, 0.3) is 0 Å². The summed E-state index contributed by atoms with van der Waals surface area (Å²) in [5.74, 6) is -0.968. The van der Waals surface area contributed by atoms with Crippen molar-refractivity contribution in [3.63, 3.8) is 0 Å². The van der Waals surface area contributed by atoms with Crippen molar-refractivity contribution in [2.24, 2.45) is 0 Å². The average Bonchev–Trinajstić information content (AvgIpc) is 3.48. The fourth-order valence-corrected chi connectivity index (χ4v) is 8.44. The van der Waals surface area contributed by atoms with Crippen LogP contribution in [0.4, 0.5) is 0 Å². The summed E-state index contributed by atoms with van der Waals surface area (Å²) in [6.07, 6.45) is 103. The van der Waals surface area contributed by atoms with Gasteiger partial charge < -0.3 is 14.2 Å². The Morgan fingerprint density at radius 2 is 0.470 bits per heavy atom. The first-order chi connectivity index (χ1) is 41.0. The summed E-state index contributed by atoms with van der Waals surface area (Å²) < 4.78 is 16.9. The Kier molecular flexibility index (Phi) is 64.4. The maximum absolute atomic E-state index is 12.9. The molecular formula is C77H120O6. The quantitative estimate of drug-likeness (QED) is 0.0261. The van der Waals surface area contributed by atoms with Crippen LogP contribution in [0.2, 0.25) is 0 Å². The van der Waals surface area contributed by atoms with Crippen molar-refractivity contribution in [1.82, 2.24) is 0 Å². The lowest BCUT2D eigenvalue weighted by molar-refractivity contribution is -0.167. The van der Waals surface area contributed by atoms with Gasteiger partial charge in [-0.2, -0.15) is 0 Å². The normalized spacial score (nSPS) is 13.3. The molecule has 0 amide bonds. The van der Waals surface area contributed by atoms with Gasteiger partial charge in [-0.3, -0.25) is 14.4 Å². The maximum Gasteiger partial charge on any atom is 0.306 e. The molecule has 0 aliphatic rings. The van der Waals surface area contributed by atoms with Gasteiger partial charge in [-0.25, -0.2) is 0 Å². The zero-order valence-corrected chi connectivity index (χ0v) is 53.1. The monoisotopic (exact) mass is 1140 g/mol. The predicted molar refractivity (Wildman–Crippen MR) is 361 cm³/mol. The summed E-state index contributed by atoms with van der Waals surface area (Å²) in [6.45, 7) is 6.32. The molecule has 0 aromatic rings. The Balaban J connectivity index is 4.41. The van der Waals surface area contributed by atoms with Crippen LogP contribution in [0, 0.1) is 0 Å². The van der Waals surface area contributed by atoms with E-state index in [2.05, 4.69) is 203 Å². The van der Waals surface area contributed by atoms with Crippen LogP contribution in [0.1, 0.15) is 265 Å². The molecule has 1 atom stereocenters. The number of unbranched alkanes of at least 4 members (excludes halogenated alkanes) is 17. The molecular weight excluding hydrogens is 1020 g/mol. The highest BCUT2D eigenvalue weighted by atomic mass is 16.6. The van der Waals surface area contributed by atoms with Crippen LogP contribution < -0.4 is 0 Å². The third kappa shape index (κ3) is 67.2. The predicted octanol–water partition coefficient (Wildman–Crippen LogP) is 23.2. The fraction of sp³-hybridized carbons (Fsp3) is 0.571. The van der Waals surface area contributed by atoms with E-state index in [1.807, 2.05) is 0 Å². The molecule has 0 aromatic heterocycles. The van der Waals surface area contributed by atoms with Crippen LogP contribution in [-0.2, 0) is 28.6 Å². The second kappa shape index (κ2) is 69.0. The van der Waals surface area contributed by atoms with E-state index in [4.69, 9.17) is 14.2 Å². The van der Waals surface area contributed by atoms with Crippen molar-refractivity contribution in [1.29, 1.82) is 0 Å². The standard InChI is InChI=1S/C77H120O6/c1-4-7-10-13-16-19-22-24-26-28-30-32-34-36-37-38-39-41-42-44-46-48-50-52-55-58-61-64-67-70-76(79)82-73-74(72-81-75(78)69-66-63-60-57-54-21-18-15-12-9-6-3)83-77(80)71-68-65-62-59-56-53-51-49-47-45-43-40-35-33-31-29-27-25-23-20-17-14-11-8-5-2/h7-8,10-11,15-20,24-27,30-33,36-37,39-41,43-44,46-47,49,53,56,74H,4-6,9,12-14,21-23,28-29,34-35,38,42,45,48,50-52,54-55,57-73H2,1-3H3/b10-7-,11-8-,18-15-,19-16-,20-17-,26-24-,27-25-,32-30-,33-31-,37-36-,41-39-,43-40-,46-44-,49-47-,56-53-. The van der Waals surface area contributed by atoms with Gasteiger partial charge in [0.25, 0.3) is 0 Å². The van der Waals surface area contributed by atoms with E-state index in [0.717, 1.165) is 167 Å². The van der Waals surface area contributed by atoms with Gasteiger partial charge in [0.1, 0.15) is 13.2 Å². The van der Waals surface area contributed by atoms with Crippen molar-refractivity contribution in [3.05, 3.63) is 182 Å². The minimum Gasteiger partial charge on any atom is -0.462 e. The van der Waals surface area contributed by atoms with Gasteiger partial charge in [0.2, 0.25) is 0 Å². The number of carbonyl (C=O) groups is 3. The number of ether oxygens (including phenoxy) is 3. The summed E-state index contributed by atoms with van der Waals surface area (Å²) in [6, 6.07) is 0. The van der Waals surface area contributed by atoms with E-state index in [9.17, 15) is 14.4 Å². The maximum atomic E-state index is 12.9. The van der Waals surface area contributed by atoms with Crippen molar-refractivity contribution >= 4 is 17.9 Å². The van der Waals surface area contributed by atoms with E-state index in [1.165, 1.54) is 51.4 Å². The van der Waals surface area contributed by atoms with E-state index < -0.39 is 6.10 Å². The van der Waals surface area contributed by atoms with E-state index in [1.54, 1.807) is 0 Å². The molecule has 0 saturated heterocycles. The number of hydrogen-bond donors (Lipinski definition) is 0. The van der Waals surface area contributed by atoms with E-state index in [0.29, 0.717) is 19.3 Å². The van der Waals surface area contributed by atoms with Crippen LogP contribution in [0.15, 0.2) is 182 Å². The molecule has 0 bridgehead atoms. The van der Waals surface area contributed by atoms with E-state index >= 15 is 0 Å². The summed E-state index contributed by atoms with van der Waals surface area (Å²) in [7, 11) is 0. The van der Waals surface area contributed by atoms with Gasteiger partial charge in [0, 0.05) is 19.3 Å². The molecule has 464 valence electrons. The highest BCUT2D eigenvalue weighted by molar-refractivity contribution is 5.71. The Hall–Kier alpha value is -5.49. The van der Waals surface area contributed by atoms with Crippen LogP contribution in [0.5, 0.6) is 0 Å². The van der Waals surface area contributed by atoms with Gasteiger partial charge in [-0.05, 0) is 154 Å². The van der Waals surface area contributed by atoms with Crippen LogP contribution in [0.3, 0.4) is 0 Å². The molecule has 0 aliphatic heterocycles. The second-order valence-corrected chi connectivity index (χ2v) is 21.3. The molecule has 1 unspecified atom stereocenters. The lowest BCUT2D eigenvalue weighted by Crippen LogP contribution is -2.30. The minimum absolute atomic E-state index is 0.108. The number of esters is 3. The molecule has 0 aromatic carbocycles. The molecule has 6 heteroatoms. The van der Waals surface area contributed by atoms with Gasteiger partial charge in [-0.15, -0.1) is 0 Å². The Bertz CT molecular complexity index is 1940. The molecule has 0 spiro atoms. The number of allylic oxidation sites excluding steroid dienone is 30. The minimum atomic E-state index is -0.816. The largest absolute Gasteiger partial charge is 0.462 e. The lowest BCUT2D eigenvalue weighted by Gasteiger charge is -2.18. The van der Waals surface area contributed by atoms with Crippen molar-refractivity contribution < 1.29 is 28.6 Å². The molecule has 6 nitrogen and oxygen atoms in total. The first kappa shape index (κ1) is 77.5. The molecule has 83 heavy (non-hydrogen) atoms. The van der Waals surface area contributed by atoms with Crippen molar-refractivity contribution in [3.8, 4) is 0 Å². The zero-order valence-electron chi connectivity index (χ0n) is 53.1. The smallest absolute Gasteiger partial charge is 0.306 e. The fourth-order valence-electron chi connectivity index (χ4n) is 8.44. The molecule has 0 heterocycles. The van der Waals surface area contributed by atoms with Crippen molar-refractivity contribution in [2.45, 2.75) is 271 Å². The average molecular weight is 1140 g/mol. The molecule has 0 radical (unpaired) electrons. The summed E-state index contributed by atoms with van der Waals surface area (Å²) >= 11 is 0. The Morgan fingerprint density at radius 1 is 0.253 bits per heavy atom. The lowest BCUT2D eigenvalue weighted by atomic mass is 10.1. The van der Waals surface area contributed by atoms with Gasteiger partial charge >= 0.3 is 17.9 Å². The number of rotatable bonds is 58. The number of carbonyl (C=O) groups excluding carboxylic acids is 3. The van der Waals surface area contributed by atoms with Gasteiger partial charge in [0.15, 0.2) is 6.10 Å². The topological polar surface area (TPSA) is 78.9 Å². The number of hydrogen-bond acceptors (Lipinski definition) is 6. The van der Waals surface area contributed by atoms with E-state index in [-0.39, 0.29) is 37.5 Å².